The van der Waals surface area contributed by atoms with Crippen LogP contribution in [0.2, 0.25) is 0 Å². The fourth-order valence-corrected chi connectivity index (χ4v) is 2.85. The third-order valence-corrected chi connectivity index (χ3v) is 4.43. The second-order valence-corrected chi connectivity index (χ2v) is 7.39. The van der Waals surface area contributed by atoms with Crippen LogP contribution in [0.15, 0.2) is 36.5 Å². The number of hydrogen-bond donors (Lipinski definition) is 2. The van der Waals surface area contributed by atoms with Gasteiger partial charge in [-0.1, -0.05) is 32.9 Å². The Labute approximate surface area is 152 Å². The molecule has 1 aliphatic rings. The van der Waals surface area contributed by atoms with Crippen molar-refractivity contribution >= 4 is 11.9 Å². The number of carbonyl (C=O) groups is 2. The monoisotopic (exact) mass is 354 g/mol. The number of carbonyl (C=O) groups excluding carboxylic acids is 1. The minimum absolute atomic E-state index is 0.0713. The fourth-order valence-electron chi connectivity index (χ4n) is 2.85. The number of fused-ring (bicyclic) bond motifs is 1. The Morgan fingerprint density at radius 3 is 2.62 bits per heavy atom. The van der Waals surface area contributed by atoms with Crippen LogP contribution in [0.5, 0.6) is 5.75 Å². The second kappa shape index (κ2) is 6.78. The maximum atomic E-state index is 12.5. The van der Waals surface area contributed by atoms with Gasteiger partial charge in [0.1, 0.15) is 11.4 Å². The van der Waals surface area contributed by atoms with Crippen LogP contribution in [-0.2, 0) is 16.6 Å². The van der Waals surface area contributed by atoms with Gasteiger partial charge in [0.15, 0.2) is 6.04 Å². The van der Waals surface area contributed by atoms with Gasteiger partial charge in [-0.3, -0.25) is 9.78 Å². The Bertz CT molecular complexity index is 838. The molecule has 6 heteroatoms. The average Bonchev–Trinajstić information content (AvgIpc) is 3.06. The fraction of sp³-hybridized carbons (Fsp3) is 0.350. The molecule has 0 saturated carbocycles. The van der Waals surface area contributed by atoms with Gasteiger partial charge in [0.05, 0.1) is 6.61 Å². The molecule has 0 aliphatic carbocycles. The Hall–Kier alpha value is -2.89. The standard InChI is InChI=1S/C20H22N2O4/c1-20(2,3)14-5-6-15(21-11-14)18(23)22-17(19(24)25)13-4-7-16-12(10-13)8-9-26-16/h4-7,10-11,17H,8-9H2,1-3H3,(H,22,23)(H,24,25). The molecular weight excluding hydrogens is 332 g/mol. The number of nitrogens with zero attached hydrogens (tertiary/aromatic N) is 1. The predicted molar refractivity (Wildman–Crippen MR) is 96.4 cm³/mol. The molecule has 1 aromatic carbocycles. The maximum Gasteiger partial charge on any atom is 0.330 e. The van der Waals surface area contributed by atoms with E-state index in [0.29, 0.717) is 12.2 Å². The molecule has 6 nitrogen and oxygen atoms in total. The summed E-state index contributed by atoms with van der Waals surface area (Å²) in [7, 11) is 0. The normalized spacial score (nSPS) is 14.3. The van der Waals surface area contributed by atoms with Crippen LogP contribution in [0.25, 0.3) is 0 Å². The summed E-state index contributed by atoms with van der Waals surface area (Å²) >= 11 is 0. The zero-order valence-electron chi connectivity index (χ0n) is 15.1. The maximum absolute atomic E-state index is 12.5. The summed E-state index contributed by atoms with van der Waals surface area (Å²) in [6.07, 6.45) is 2.39. The molecule has 0 spiro atoms. The summed E-state index contributed by atoms with van der Waals surface area (Å²) in [6.45, 7) is 6.76. The largest absolute Gasteiger partial charge is 0.493 e. The van der Waals surface area contributed by atoms with Crippen LogP contribution in [0.3, 0.4) is 0 Å². The lowest BCUT2D eigenvalue weighted by molar-refractivity contribution is -0.139. The van der Waals surface area contributed by atoms with Crippen molar-refractivity contribution < 1.29 is 19.4 Å². The second-order valence-electron chi connectivity index (χ2n) is 7.39. The molecule has 2 N–H and O–H groups in total. The SMILES string of the molecule is CC(C)(C)c1ccc(C(=O)NC(C(=O)O)c2ccc3c(c2)CCO3)nc1. The number of ether oxygens (including phenoxy) is 1. The molecule has 1 aliphatic heterocycles. The van der Waals surface area contributed by atoms with Crippen LogP contribution in [-0.4, -0.2) is 28.6 Å². The van der Waals surface area contributed by atoms with E-state index in [-0.39, 0.29) is 11.1 Å². The number of rotatable bonds is 4. The molecule has 0 saturated heterocycles. The van der Waals surface area contributed by atoms with Crippen LogP contribution < -0.4 is 10.1 Å². The van der Waals surface area contributed by atoms with Gasteiger partial charge in [0.25, 0.3) is 5.91 Å². The van der Waals surface area contributed by atoms with E-state index in [4.69, 9.17) is 4.74 Å². The summed E-state index contributed by atoms with van der Waals surface area (Å²) in [5.74, 6) is -0.873. The first kappa shape index (κ1) is 17.9. The van der Waals surface area contributed by atoms with Gasteiger partial charge in [-0.15, -0.1) is 0 Å². The topological polar surface area (TPSA) is 88.5 Å². The van der Waals surface area contributed by atoms with Crippen molar-refractivity contribution in [1.29, 1.82) is 0 Å². The number of amides is 1. The van der Waals surface area contributed by atoms with Crippen molar-refractivity contribution in [2.45, 2.75) is 38.6 Å². The molecule has 1 unspecified atom stereocenters. The number of carboxylic acid groups (broad SMARTS) is 1. The third kappa shape index (κ3) is 3.69. The van der Waals surface area contributed by atoms with Gasteiger partial charge in [-0.05, 0) is 40.3 Å². The highest BCUT2D eigenvalue weighted by molar-refractivity contribution is 5.95. The van der Waals surface area contributed by atoms with Crippen molar-refractivity contribution in [3.05, 3.63) is 58.9 Å². The van der Waals surface area contributed by atoms with Gasteiger partial charge in [-0.25, -0.2) is 4.79 Å². The molecule has 1 atom stereocenters. The van der Waals surface area contributed by atoms with E-state index in [1.165, 1.54) is 0 Å². The lowest BCUT2D eigenvalue weighted by Crippen LogP contribution is -2.34. The summed E-state index contributed by atoms with van der Waals surface area (Å²) in [4.78, 5) is 28.3. The number of pyridine rings is 1. The van der Waals surface area contributed by atoms with Gasteiger partial charge in [0.2, 0.25) is 0 Å². The van der Waals surface area contributed by atoms with E-state index in [1.54, 1.807) is 30.5 Å². The predicted octanol–water partition coefficient (Wildman–Crippen LogP) is 2.87. The molecule has 2 aromatic rings. The minimum Gasteiger partial charge on any atom is -0.493 e. The molecule has 0 bridgehead atoms. The molecule has 136 valence electrons. The van der Waals surface area contributed by atoms with Crippen molar-refractivity contribution in [3.63, 3.8) is 0 Å². The number of hydrogen-bond acceptors (Lipinski definition) is 4. The first-order valence-corrected chi connectivity index (χ1v) is 8.51. The zero-order chi connectivity index (χ0) is 18.9. The van der Waals surface area contributed by atoms with E-state index in [0.717, 1.165) is 23.3 Å². The Balaban J connectivity index is 1.80. The highest BCUT2D eigenvalue weighted by Crippen LogP contribution is 2.28. The van der Waals surface area contributed by atoms with Crippen molar-refractivity contribution in [2.24, 2.45) is 0 Å². The molecular formula is C20H22N2O4. The zero-order valence-corrected chi connectivity index (χ0v) is 15.1. The Morgan fingerprint density at radius 2 is 2.00 bits per heavy atom. The van der Waals surface area contributed by atoms with Gasteiger partial charge >= 0.3 is 5.97 Å². The molecule has 0 fully saturated rings. The smallest absolute Gasteiger partial charge is 0.330 e. The average molecular weight is 354 g/mol. The summed E-state index contributed by atoms with van der Waals surface area (Å²) in [5, 5.41) is 12.1. The van der Waals surface area contributed by atoms with E-state index in [2.05, 4.69) is 31.1 Å². The van der Waals surface area contributed by atoms with E-state index >= 15 is 0 Å². The molecule has 1 amide bonds. The number of nitrogens with one attached hydrogen (secondary N) is 1. The first-order valence-electron chi connectivity index (χ1n) is 8.51. The third-order valence-electron chi connectivity index (χ3n) is 4.43. The van der Waals surface area contributed by atoms with Gasteiger partial charge < -0.3 is 15.2 Å². The first-order chi connectivity index (χ1) is 12.3. The molecule has 3 rings (SSSR count). The highest BCUT2D eigenvalue weighted by Gasteiger charge is 2.25. The van der Waals surface area contributed by atoms with Gasteiger partial charge in [-0.2, -0.15) is 0 Å². The van der Waals surface area contributed by atoms with Gasteiger partial charge in [0, 0.05) is 12.6 Å². The lowest BCUT2D eigenvalue weighted by atomic mass is 9.88. The molecule has 1 aromatic heterocycles. The highest BCUT2D eigenvalue weighted by atomic mass is 16.5. The van der Waals surface area contributed by atoms with Crippen LogP contribution in [0, 0.1) is 0 Å². The minimum atomic E-state index is -1.14. The van der Waals surface area contributed by atoms with Crippen LogP contribution in [0.1, 0.15) is 54.0 Å². The molecule has 0 radical (unpaired) electrons. The van der Waals surface area contributed by atoms with Crippen molar-refractivity contribution in [3.8, 4) is 5.75 Å². The number of aliphatic carboxylic acids is 1. The molecule has 2 heterocycles. The van der Waals surface area contributed by atoms with E-state index < -0.39 is 17.9 Å². The number of carboxylic acids is 1. The summed E-state index contributed by atoms with van der Waals surface area (Å²) in [5.41, 5.74) is 2.59. The molecule has 26 heavy (non-hydrogen) atoms. The van der Waals surface area contributed by atoms with Crippen LogP contribution >= 0.6 is 0 Å². The lowest BCUT2D eigenvalue weighted by Gasteiger charge is -2.19. The Kier molecular flexibility index (Phi) is 4.68. The van der Waals surface area contributed by atoms with E-state index in [1.807, 2.05) is 6.07 Å². The quantitative estimate of drug-likeness (QED) is 0.881. The van der Waals surface area contributed by atoms with Crippen LogP contribution in [0.4, 0.5) is 0 Å². The Morgan fingerprint density at radius 1 is 1.23 bits per heavy atom. The van der Waals surface area contributed by atoms with E-state index in [9.17, 15) is 14.7 Å². The summed E-state index contributed by atoms with van der Waals surface area (Å²) < 4.78 is 5.44. The summed E-state index contributed by atoms with van der Waals surface area (Å²) in [6, 6.07) is 7.50. The number of benzene rings is 1. The van der Waals surface area contributed by atoms with Crippen molar-refractivity contribution in [2.75, 3.05) is 6.61 Å². The number of aromatic nitrogens is 1. The van der Waals surface area contributed by atoms with Crippen molar-refractivity contribution in [1.82, 2.24) is 10.3 Å².